The number of aliphatic hydroxyl groups excluding tert-OH is 1. The molecular formula is C13H25N3OS2. The molecule has 6 heteroatoms. The molecule has 0 bridgehead atoms. The summed E-state index contributed by atoms with van der Waals surface area (Å²) in [6, 6.07) is 0. The van der Waals surface area contributed by atoms with Crippen molar-refractivity contribution in [1.82, 2.24) is 15.5 Å². The number of rotatable bonds is 10. The lowest BCUT2D eigenvalue weighted by atomic mass is 9.91. The molecule has 2 N–H and O–H groups in total. The van der Waals surface area contributed by atoms with Crippen molar-refractivity contribution >= 4 is 23.1 Å². The first-order valence-electron chi connectivity index (χ1n) is 6.94. The van der Waals surface area contributed by atoms with Crippen molar-refractivity contribution in [2.75, 3.05) is 18.9 Å². The fraction of sp³-hybridized carbons (Fsp3) is 0.846. The fourth-order valence-corrected chi connectivity index (χ4v) is 3.76. The Morgan fingerprint density at radius 1 is 1.37 bits per heavy atom. The van der Waals surface area contributed by atoms with Gasteiger partial charge in [0.25, 0.3) is 0 Å². The third-order valence-electron chi connectivity index (χ3n) is 3.26. The van der Waals surface area contributed by atoms with Gasteiger partial charge in [0.15, 0.2) is 4.34 Å². The third kappa shape index (κ3) is 5.77. The molecule has 0 aliphatic rings. The monoisotopic (exact) mass is 303 g/mol. The van der Waals surface area contributed by atoms with Crippen LogP contribution in [-0.4, -0.2) is 39.7 Å². The van der Waals surface area contributed by atoms with E-state index < -0.39 is 0 Å². The highest BCUT2D eigenvalue weighted by Gasteiger charge is 2.25. The number of nitrogens with one attached hydrogen (secondary N) is 1. The van der Waals surface area contributed by atoms with Crippen LogP contribution in [0.4, 0.5) is 0 Å². The molecule has 1 rings (SSSR count). The van der Waals surface area contributed by atoms with Crippen LogP contribution >= 0.6 is 23.1 Å². The lowest BCUT2D eigenvalue weighted by molar-refractivity contribution is 0.146. The number of aliphatic hydroxyl groups is 1. The molecule has 19 heavy (non-hydrogen) atoms. The van der Waals surface area contributed by atoms with Crippen LogP contribution in [-0.2, 0) is 0 Å². The minimum atomic E-state index is -0.104. The molecule has 0 saturated heterocycles. The second-order valence-electron chi connectivity index (χ2n) is 4.76. The van der Waals surface area contributed by atoms with Gasteiger partial charge in [-0.25, -0.2) is 0 Å². The molecule has 110 valence electrons. The molecular weight excluding hydrogens is 278 g/mol. The summed E-state index contributed by atoms with van der Waals surface area (Å²) in [4.78, 5) is 0. The van der Waals surface area contributed by atoms with Crippen LogP contribution in [0.3, 0.4) is 0 Å². The van der Waals surface area contributed by atoms with Crippen LogP contribution in [0.5, 0.6) is 0 Å². The van der Waals surface area contributed by atoms with E-state index in [2.05, 4.69) is 29.4 Å². The van der Waals surface area contributed by atoms with Gasteiger partial charge in [-0.05, 0) is 39.2 Å². The van der Waals surface area contributed by atoms with Crippen molar-refractivity contribution in [2.45, 2.75) is 56.3 Å². The fourth-order valence-electron chi connectivity index (χ4n) is 1.93. The number of nitrogens with zero attached hydrogens (tertiary/aromatic N) is 2. The molecule has 0 fully saturated rings. The van der Waals surface area contributed by atoms with E-state index in [1.54, 1.807) is 23.1 Å². The maximum atomic E-state index is 9.63. The van der Waals surface area contributed by atoms with E-state index >= 15 is 0 Å². The summed E-state index contributed by atoms with van der Waals surface area (Å²) >= 11 is 3.41. The molecule has 1 atom stereocenters. The maximum Gasteiger partial charge on any atom is 0.174 e. The highest BCUT2D eigenvalue weighted by molar-refractivity contribution is 8.01. The molecule has 0 radical (unpaired) electrons. The van der Waals surface area contributed by atoms with E-state index in [1.165, 1.54) is 0 Å². The van der Waals surface area contributed by atoms with E-state index in [1.807, 2.05) is 6.92 Å². The minimum Gasteiger partial charge on any atom is -0.394 e. The Kier molecular flexibility index (Phi) is 7.90. The topological polar surface area (TPSA) is 58.0 Å². The Labute approximate surface area is 124 Å². The molecule has 0 aromatic carbocycles. The second-order valence-corrected chi connectivity index (χ2v) is 7.28. The molecule has 0 aliphatic heterocycles. The summed E-state index contributed by atoms with van der Waals surface area (Å²) in [5.74, 6) is 1.03. The largest absolute Gasteiger partial charge is 0.394 e. The van der Waals surface area contributed by atoms with Gasteiger partial charge in [0, 0.05) is 11.3 Å². The van der Waals surface area contributed by atoms with Gasteiger partial charge in [0.05, 0.1) is 6.61 Å². The van der Waals surface area contributed by atoms with Crippen LogP contribution in [0.25, 0.3) is 0 Å². The van der Waals surface area contributed by atoms with E-state index in [9.17, 15) is 5.11 Å². The zero-order chi connectivity index (χ0) is 14.1. The molecule has 4 nitrogen and oxygen atoms in total. The van der Waals surface area contributed by atoms with Gasteiger partial charge in [-0.3, -0.25) is 0 Å². The van der Waals surface area contributed by atoms with Crippen LogP contribution in [0, 0.1) is 6.92 Å². The second kappa shape index (κ2) is 8.89. The van der Waals surface area contributed by atoms with Crippen molar-refractivity contribution < 1.29 is 5.11 Å². The van der Waals surface area contributed by atoms with Crippen molar-refractivity contribution in [1.29, 1.82) is 0 Å². The lowest BCUT2D eigenvalue weighted by Crippen LogP contribution is -2.48. The predicted octanol–water partition coefficient (Wildman–Crippen LogP) is 2.86. The zero-order valence-electron chi connectivity index (χ0n) is 12.1. The van der Waals surface area contributed by atoms with E-state index in [4.69, 9.17) is 0 Å². The summed E-state index contributed by atoms with van der Waals surface area (Å²) < 4.78 is 1.05. The van der Waals surface area contributed by atoms with Crippen LogP contribution in [0.15, 0.2) is 4.34 Å². The van der Waals surface area contributed by atoms with Crippen molar-refractivity contribution in [3.05, 3.63) is 5.01 Å². The van der Waals surface area contributed by atoms with Crippen LogP contribution in [0.1, 0.15) is 44.5 Å². The summed E-state index contributed by atoms with van der Waals surface area (Å²) in [6.45, 7) is 7.45. The van der Waals surface area contributed by atoms with Crippen LogP contribution in [0.2, 0.25) is 0 Å². The third-order valence-corrected chi connectivity index (χ3v) is 5.32. The molecule has 1 heterocycles. The normalized spacial score (nSPS) is 14.5. The van der Waals surface area contributed by atoms with Crippen LogP contribution < -0.4 is 5.32 Å². The van der Waals surface area contributed by atoms with Gasteiger partial charge in [-0.15, -0.1) is 10.2 Å². The molecule has 0 spiro atoms. The van der Waals surface area contributed by atoms with Crippen molar-refractivity contribution in [2.24, 2.45) is 0 Å². The quantitative estimate of drug-likeness (QED) is 0.514. The molecule has 1 aromatic heterocycles. The molecule has 0 saturated carbocycles. The highest BCUT2D eigenvalue weighted by Crippen LogP contribution is 2.25. The summed E-state index contributed by atoms with van der Waals surface area (Å²) in [6.07, 6.45) is 4.14. The van der Waals surface area contributed by atoms with Gasteiger partial charge >= 0.3 is 0 Å². The summed E-state index contributed by atoms with van der Waals surface area (Å²) in [7, 11) is 0. The average molecular weight is 303 g/mol. The number of aryl methyl sites for hydroxylation is 1. The molecule has 0 aliphatic carbocycles. The first-order valence-corrected chi connectivity index (χ1v) is 8.75. The van der Waals surface area contributed by atoms with Gasteiger partial charge in [-0.2, -0.15) is 0 Å². The first-order chi connectivity index (χ1) is 9.15. The highest BCUT2D eigenvalue weighted by atomic mass is 32.2. The minimum absolute atomic E-state index is 0.104. The van der Waals surface area contributed by atoms with Gasteiger partial charge in [0.1, 0.15) is 5.01 Å². The number of hydrogen-bond acceptors (Lipinski definition) is 6. The van der Waals surface area contributed by atoms with Crippen molar-refractivity contribution in [3.63, 3.8) is 0 Å². The Balaban J connectivity index is 2.31. The Bertz CT molecular complexity index is 353. The molecule has 0 amide bonds. The number of aromatic nitrogens is 2. The average Bonchev–Trinajstić information content (AvgIpc) is 2.84. The van der Waals surface area contributed by atoms with Gasteiger partial charge in [0.2, 0.25) is 0 Å². The number of hydrogen-bond donors (Lipinski definition) is 2. The maximum absolute atomic E-state index is 9.63. The Morgan fingerprint density at radius 2 is 2.16 bits per heavy atom. The van der Waals surface area contributed by atoms with Gasteiger partial charge in [-0.1, -0.05) is 36.9 Å². The van der Waals surface area contributed by atoms with E-state index in [0.29, 0.717) is 0 Å². The summed E-state index contributed by atoms with van der Waals surface area (Å²) in [5.41, 5.74) is -0.104. The smallest absolute Gasteiger partial charge is 0.174 e. The van der Waals surface area contributed by atoms with E-state index in [0.717, 1.165) is 47.3 Å². The predicted molar refractivity (Wildman–Crippen MR) is 83.0 cm³/mol. The number of thioether (sulfide) groups is 1. The van der Waals surface area contributed by atoms with Gasteiger partial charge < -0.3 is 10.4 Å². The SMILES string of the molecule is CCCNC(CC)(CO)CCCSc1nnc(C)s1. The Morgan fingerprint density at radius 3 is 2.68 bits per heavy atom. The zero-order valence-corrected chi connectivity index (χ0v) is 13.7. The molecule has 1 unspecified atom stereocenters. The Hall–Kier alpha value is -0.170. The van der Waals surface area contributed by atoms with Crippen molar-refractivity contribution in [3.8, 4) is 0 Å². The first kappa shape index (κ1) is 16.9. The molecule has 1 aromatic rings. The summed E-state index contributed by atoms with van der Waals surface area (Å²) in [5, 5.41) is 22.3. The van der Waals surface area contributed by atoms with E-state index in [-0.39, 0.29) is 12.1 Å². The standard InChI is InChI=1S/C13H25N3OS2/c1-4-8-14-13(5-2,10-17)7-6-9-18-12-16-15-11(3)19-12/h14,17H,4-10H2,1-3H3. The lowest BCUT2D eigenvalue weighted by Gasteiger charge is -2.32.